The monoisotopic (exact) mass is 247 g/mol. The van der Waals surface area contributed by atoms with Gasteiger partial charge in [-0.2, -0.15) is 0 Å². The van der Waals surface area contributed by atoms with E-state index in [0.29, 0.717) is 6.04 Å². The first-order valence-corrected chi connectivity index (χ1v) is 6.88. The zero-order valence-electron chi connectivity index (χ0n) is 11.8. The second kappa shape index (κ2) is 6.21. The maximum Gasteiger partial charge on any atom is 0.0343 e. The molecular formula is C15H25N3. The van der Waals surface area contributed by atoms with Crippen molar-refractivity contribution in [1.29, 1.82) is 0 Å². The number of nitrogens with zero attached hydrogens (tertiary/aromatic N) is 2. The zero-order chi connectivity index (χ0) is 13.0. The molecule has 1 atom stereocenters. The number of anilines is 1. The average molecular weight is 247 g/mol. The molecule has 18 heavy (non-hydrogen) atoms. The van der Waals surface area contributed by atoms with Gasteiger partial charge in [0.1, 0.15) is 0 Å². The van der Waals surface area contributed by atoms with Crippen LogP contribution in [0.15, 0.2) is 24.3 Å². The highest BCUT2D eigenvalue weighted by atomic mass is 15.3. The van der Waals surface area contributed by atoms with Gasteiger partial charge in [0.05, 0.1) is 0 Å². The van der Waals surface area contributed by atoms with Crippen LogP contribution < -0.4 is 5.32 Å². The Kier molecular flexibility index (Phi) is 4.61. The van der Waals surface area contributed by atoms with Crippen molar-refractivity contribution in [3.8, 4) is 0 Å². The van der Waals surface area contributed by atoms with Gasteiger partial charge in [-0.05, 0) is 38.6 Å². The molecule has 1 aromatic rings. The third-order valence-electron chi connectivity index (χ3n) is 3.82. The van der Waals surface area contributed by atoms with Crippen molar-refractivity contribution in [1.82, 2.24) is 9.80 Å². The van der Waals surface area contributed by atoms with Crippen LogP contribution in [0.2, 0.25) is 0 Å². The summed E-state index contributed by atoms with van der Waals surface area (Å²) in [7, 11) is 2.22. The van der Waals surface area contributed by atoms with Crippen LogP contribution in [0.4, 0.5) is 5.69 Å². The fourth-order valence-corrected chi connectivity index (χ4v) is 2.44. The normalized spacial score (nSPS) is 22.1. The second-order valence-corrected chi connectivity index (χ2v) is 5.43. The Balaban J connectivity index is 1.72. The molecule has 1 aliphatic heterocycles. The number of aryl methyl sites for hydroxylation is 1. The van der Waals surface area contributed by atoms with Crippen molar-refractivity contribution in [3.05, 3.63) is 29.8 Å². The molecule has 3 nitrogen and oxygen atoms in total. The maximum atomic E-state index is 3.50. The van der Waals surface area contributed by atoms with Crippen molar-refractivity contribution < 1.29 is 0 Å². The van der Waals surface area contributed by atoms with E-state index in [2.05, 4.69) is 60.3 Å². The summed E-state index contributed by atoms with van der Waals surface area (Å²) >= 11 is 0. The van der Waals surface area contributed by atoms with Crippen molar-refractivity contribution >= 4 is 5.69 Å². The smallest absolute Gasteiger partial charge is 0.0343 e. The number of hydrogen-bond acceptors (Lipinski definition) is 3. The van der Waals surface area contributed by atoms with Crippen molar-refractivity contribution in [2.24, 2.45) is 0 Å². The molecule has 0 aromatic heterocycles. The van der Waals surface area contributed by atoms with Gasteiger partial charge in [-0.25, -0.2) is 0 Å². The third-order valence-corrected chi connectivity index (χ3v) is 3.82. The van der Waals surface area contributed by atoms with Crippen LogP contribution in [0, 0.1) is 6.92 Å². The van der Waals surface area contributed by atoms with E-state index in [1.165, 1.54) is 30.9 Å². The van der Waals surface area contributed by atoms with Crippen LogP contribution in [0.5, 0.6) is 0 Å². The van der Waals surface area contributed by atoms with Crippen LogP contribution in [-0.4, -0.2) is 55.6 Å². The van der Waals surface area contributed by atoms with Crippen LogP contribution in [0.3, 0.4) is 0 Å². The SMILES string of the molecule is Cc1cccc(NCCN2CCN(C)C(C)C2)c1. The molecule has 0 bridgehead atoms. The second-order valence-electron chi connectivity index (χ2n) is 5.43. The fraction of sp³-hybridized carbons (Fsp3) is 0.600. The molecule has 0 amide bonds. The average Bonchev–Trinajstić information content (AvgIpc) is 2.34. The van der Waals surface area contributed by atoms with E-state index in [9.17, 15) is 0 Å². The first-order chi connectivity index (χ1) is 8.65. The Morgan fingerprint density at radius 3 is 2.89 bits per heavy atom. The van der Waals surface area contributed by atoms with Gasteiger partial charge < -0.3 is 10.2 Å². The van der Waals surface area contributed by atoms with Crippen molar-refractivity contribution in [2.45, 2.75) is 19.9 Å². The van der Waals surface area contributed by atoms with Gasteiger partial charge in [0, 0.05) is 44.5 Å². The van der Waals surface area contributed by atoms with Crippen LogP contribution in [0.1, 0.15) is 12.5 Å². The topological polar surface area (TPSA) is 18.5 Å². The summed E-state index contributed by atoms with van der Waals surface area (Å²) in [6, 6.07) is 9.26. The van der Waals surface area contributed by atoms with E-state index in [-0.39, 0.29) is 0 Å². The van der Waals surface area contributed by atoms with Gasteiger partial charge in [-0.15, -0.1) is 0 Å². The van der Waals surface area contributed by atoms with Crippen LogP contribution in [-0.2, 0) is 0 Å². The molecule has 0 radical (unpaired) electrons. The molecule has 0 spiro atoms. The van der Waals surface area contributed by atoms with Crippen LogP contribution >= 0.6 is 0 Å². The number of hydrogen-bond donors (Lipinski definition) is 1. The molecule has 1 aliphatic rings. The summed E-state index contributed by atoms with van der Waals surface area (Å²) in [5.41, 5.74) is 2.55. The van der Waals surface area contributed by atoms with Crippen molar-refractivity contribution in [3.63, 3.8) is 0 Å². The highest BCUT2D eigenvalue weighted by Gasteiger charge is 2.19. The lowest BCUT2D eigenvalue weighted by Gasteiger charge is -2.37. The Bertz CT molecular complexity index is 378. The van der Waals surface area contributed by atoms with Gasteiger partial charge in [0.2, 0.25) is 0 Å². The predicted molar refractivity (Wildman–Crippen MR) is 78.2 cm³/mol. The van der Waals surface area contributed by atoms with Gasteiger partial charge in [0.15, 0.2) is 0 Å². The molecule has 3 heteroatoms. The first-order valence-electron chi connectivity index (χ1n) is 6.88. The van der Waals surface area contributed by atoms with E-state index in [4.69, 9.17) is 0 Å². The van der Waals surface area contributed by atoms with E-state index in [0.717, 1.165) is 13.1 Å². The van der Waals surface area contributed by atoms with Gasteiger partial charge in [-0.1, -0.05) is 12.1 Å². The third kappa shape index (κ3) is 3.72. The summed E-state index contributed by atoms with van der Waals surface area (Å²) in [4.78, 5) is 4.98. The van der Waals surface area contributed by atoms with Crippen LogP contribution in [0.25, 0.3) is 0 Å². The lowest BCUT2D eigenvalue weighted by Crippen LogP contribution is -2.50. The quantitative estimate of drug-likeness (QED) is 0.878. The summed E-state index contributed by atoms with van der Waals surface area (Å²) < 4.78 is 0. The van der Waals surface area contributed by atoms with Gasteiger partial charge in [-0.3, -0.25) is 4.90 Å². The minimum atomic E-state index is 0.678. The van der Waals surface area contributed by atoms with E-state index in [1.807, 2.05) is 0 Å². The number of benzene rings is 1. The van der Waals surface area contributed by atoms with Gasteiger partial charge in [0.25, 0.3) is 0 Å². The Morgan fingerprint density at radius 1 is 1.33 bits per heavy atom. The lowest BCUT2D eigenvalue weighted by molar-refractivity contribution is 0.108. The van der Waals surface area contributed by atoms with E-state index < -0.39 is 0 Å². The van der Waals surface area contributed by atoms with E-state index in [1.54, 1.807) is 0 Å². The Labute approximate surface area is 111 Å². The highest BCUT2D eigenvalue weighted by molar-refractivity contribution is 5.45. The Hall–Kier alpha value is -1.06. The number of rotatable bonds is 4. The zero-order valence-corrected chi connectivity index (χ0v) is 11.8. The number of piperazine rings is 1. The highest BCUT2D eigenvalue weighted by Crippen LogP contribution is 2.10. The maximum absolute atomic E-state index is 3.50. The van der Waals surface area contributed by atoms with Crippen molar-refractivity contribution in [2.75, 3.05) is 45.1 Å². The molecule has 1 heterocycles. The van der Waals surface area contributed by atoms with E-state index >= 15 is 0 Å². The fourth-order valence-electron chi connectivity index (χ4n) is 2.44. The van der Waals surface area contributed by atoms with Gasteiger partial charge >= 0.3 is 0 Å². The summed E-state index contributed by atoms with van der Waals surface area (Å²) in [5.74, 6) is 0. The largest absolute Gasteiger partial charge is 0.384 e. The molecule has 0 saturated carbocycles. The predicted octanol–water partition coefficient (Wildman–Crippen LogP) is 2.04. The molecule has 2 rings (SSSR count). The lowest BCUT2D eigenvalue weighted by atomic mass is 10.2. The Morgan fingerprint density at radius 2 is 2.17 bits per heavy atom. The standard InChI is InChI=1S/C15H25N3/c1-13-5-4-6-15(11-13)16-7-8-18-10-9-17(3)14(2)12-18/h4-6,11,14,16H,7-10,12H2,1-3H3. The summed E-state index contributed by atoms with van der Waals surface area (Å²) in [6.07, 6.45) is 0. The molecule has 1 fully saturated rings. The molecule has 1 saturated heterocycles. The molecular weight excluding hydrogens is 222 g/mol. The molecule has 0 aliphatic carbocycles. The summed E-state index contributed by atoms with van der Waals surface area (Å²) in [5, 5.41) is 3.50. The molecule has 100 valence electrons. The minimum Gasteiger partial charge on any atom is -0.384 e. The number of likely N-dealkylation sites (N-methyl/N-ethyl adjacent to an activating group) is 1. The molecule has 1 N–H and O–H groups in total. The summed E-state index contributed by atoms with van der Waals surface area (Å²) in [6.45, 7) is 10.2. The number of nitrogens with one attached hydrogen (secondary N) is 1. The first kappa shape index (κ1) is 13.4. The molecule has 1 aromatic carbocycles. The molecule has 1 unspecified atom stereocenters. The minimum absolute atomic E-state index is 0.678.